The van der Waals surface area contributed by atoms with Gasteiger partial charge >= 0.3 is 0 Å². The molecule has 4 nitrogen and oxygen atoms in total. The van der Waals surface area contributed by atoms with Crippen LogP contribution in [0.4, 0.5) is 0 Å². The Morgan fingerprint density at radius 3 is 2.72 bits per heavy atom. The Bertz CT molecular complexity index is 505. The SMILES string of the molecule is NC(Cc1nc(C2CCC2)no1)c1ccccc1. The summed E-state index contributed by atoms with van der Waals surface area (Å²) in [7, 11) is 0. The highest BCUT2D eigenvalue weighted by atomic mass is 16.5. The zero-order valence-electron chi connectivity index (χ0n) is 10.2. The van der Waals surface area contributed by atoms with Crippen molar-refractivity contribution in [3.63, 3.8) is 0 Å². The zero-order chi connectivity index (χ0) is 12.4. The van der Waals surface area contributed by atoms with E-state index in [2.05, 4.69) is 10.1 Å². The van der Waals surface area contributed by atoms with Gasteiger partial charge in [-0.3, -0.25) is 0 Å². The van der Waals surface area contributed by atoms with Gasteiger partial charge in [-0.1, -0.05) is 41.9 Å². The molecule has 3 rings (SSSR count). The summed E-state index contributed by atoms with van der Waals surface area (Å²) in [6.07, 6.45) is 4.25. The van der Waals surface area contributed by atoms with Gasteiger partial charge in [0.15, 0.2) is 5.82 Å². The van der Waals surface area contributed by atoms with Crippen molar-refractivity contribution in [2.75, 3.05) is 0 Å². The maximum Gasteiger partial charge on any atom is 0.228 e. The van der Waals surface area contributed by atoms with Gasteiger partial charge in [0.2, 0.25) is 5.89 Å². The molecule has 0 aliphatic heterocycles. The lowest BCUT2D eigenvalue weighted by atomic mass is 9.85. The molecular formula is C14H17N3O. The number of hydrogen-bond donors (Lipinski definition) is 1. The van der Waals surface area contributed by atoms with Crippen LogP contribution in [0.5, 0.6) is 0 Å². The van der Waals surface area contributed by atoms with E-state index in [9.17, 15) is 0 Å². The van der Waals surface area contributed by atoms with Crippen LogP contribution in [0, 0.1) is 0 Å². The predicted octanol–water partition coefficient (Wildman–Crippen LogP) is 2.58. The standard InChI is InChI=1S/C14H17N3O/c15-12(10-5-2-1-3-6-10)9-13-16-14(17-18-13)11-7-4-8-11/h1-3,5-6,11-12H,4,7-9,15H2. The summed E-state index contributed by atoms with van der Waals surface area (Å²) in [5, 5.41) is 4.04. The number of hydrogen-bond acceptors (Lipinski definition) is 4. The van der Waals surface area contributed by atoms with Crippen molar-refractivity contribution in [1.82, 2.24) is 10.1 Å². The molecule has 2 aromatic rings. The van der Waals surface area contributed by atoms with Crippen LogP contribution in [0.1, 0.15) is 48.5 Å². The van der Waals surface area contributed by atoms with E-state index in [1.807, 2.05) is 30.3 Å². The maximum absolute atomic E-state index is 6.13. The minimum Gasteiger partial charge on any atom is -0.339 e. The average molecular weight is 243 g/mol. The average Bonchev–Trinajstić information content (AvgIpc) is 2.76. The molecule has 0 radical (unpaired) electrons. The van der Waals surface area contributed by atoms with Gasteiger partial charge < -0.3 is 10.3 Å². The van der Waals surface area contributed by atoms with E-state index < -0.39 is 0 Å². The van der Waals surface area contributed by atoms with E-state index in [-0.39, 0.29) is 6.04 Å². The van der Waals surface area contributed by atoms with E-state index in [1.54, 1.807) is 0 Å². The van der Waals surface area contributed by atoms with Crippen molar-refractivity contribution >= 4 is 0 Å². The summed E-state index contributed by atoms with van der Waals surface area (Å²) in [5.74, 6) is 2.01. The van der Waals surface area contributed by atoms with Crippen LogP contribution in [0.2, 0.25) is 0 Å². The van der Waals surface area contributed by atoms with Crippen LogP contribution < -0.4 is 5.73 Å². The van der Waals surface area contributed by atoms with Crippen molar-refractivity contribution in [2.45, 2.75) is 37.6 Å². The number of aromatic nitrogens is 2. The van der Waals surface area contributed by atoms with Gasteiger partial charge in [-0.25, -0.2) is 0 Å². The molecule has 2 N–H and O–H groups in total. The van der Waals surface area contributed by atoms with Crippen LogP contribution in [-0.2, 0) is 6.42 Å². The Kier molecular flexibility index (Phi) is 3.11. The van der Waals surface area contributed by atoms with E-state index in [1.165, 1.54) is 19.3 Å². The van der Waals surface area contributed by atoms with Gasteiger partial charge in [-0.05, 0) is 18.4 Å². The largest absolute Gasteiger partial charge is 0.339 e. The molecule has 1 aliphatic carbocycles. The molecule has 0 spiro atoms. The Labute approximate surface area is 106 Å². The summed E-state index contributed by atoms with van der Waals surface area (Å²) in [6.45, 7) is 0. The predicted molar refractivity (Wildman–Crippen MR) is 68.0 cm³/mol. The quantitative estimate of drug-likeness (QED) is 0.896. The highest BCUT2D eigenvalue weighted by molar-refractivity contribution is 5.19. The molecule has 1 aliphatic rings. The number of nitrogens with two attached hydrogens (primary N) is 1. The Hall–Kier alpha value is -1.68. The number of nitrogens with zero attached hydrogens (tertiary/aromatic N) is 2. The molecular weight excluding hydrogens is 226 g/mol. The van der Waals surface area contributed by atoms with Gasteiger partial charge in [-0.15, -0.1) is 0 Å². The lowest BCUT2D eigenvalue weighted by Crippen LogP contribution is -2.14. The van der Waals surface area contributed by atoms with Gasteiger partial charge in [0.05, 0.1) is 0 Å². The lowest BCUT2D eigenvalue weighted by molar-refractivity contribution is 0.343. The first-order chi connectivity index (χ1) is 8.83. The summed E-state index contributed by atoms with van der Waals surface area (Å²) >= 11 is 0. The zero-order valence-corrected chi connectivity index (χ0v) is 10.2. The molecule has 1 aromatic carbocycles. The van der Waals surface area contributed by atoms with Crippen LogP contribution in [0.25, 0.3) is 0 Å². The molecule has 0 amide bonds. The van der Waals surface area contributed by atoms with Gasteiger partial charge in [0.1, 0.15) is 0 Å². The normalized spacial score (nSPS) is 17.4. The molecule has 1 saturated carbocycles. The highest BCUT2D eigenvalue weighted by Crippen LogP contribution is 2.34. The Morgan fingerprint density at radius 1 is 1.28 bits per heavy atom. The van der Waals surface area contributed by atoms with Crippen LogP contribution in [0.15, 0.2) is 34.9 Å². The monoisotopic (exact) mass is 243 g/mol. The number of benzene rings is 1. The van der Waals surface area contributed by atoms with E-state index in [0.717, 1.165) is 11.4 Å². The van der Waals surface area contributed by atoms with Crippen molar-refractivity contribution in [3.05, 3.63) is 47.6 Å². The fraction of sp³-hybridized carbons (Fsp3) is 0.429. The minimum absolute atomic E-state index is 0.0825. The molecule has 1 heterocycles. The molecule has 0 bridgehead atoms. The van der Waals surface area contributed by atoms with E-state index >= 15 is 0 Å². The third kappa shape index (κ3) is 2.29. The summed E-state index contributed by atoms with van der Waals surface area (Å²) < 4.78 is 5.27. The summed E-state index contributed by atoms with van der Waals surface area (Å²) in [6, 6.07) is 9.92. The van der Waals surface area contributed by atoms with Crippen LogP contribution >= 0.6 is 0 Å². The second-order valence-electron chi connectivity index (χ2n) is 4.90. The molecule has 4 heteroatoms. The maximum atomic E-state index is 6.13. The fourth-order valence-electron chi connectivity index (χ4n) is 2.19. The first-order valence-corrected chi connectivity index (χ1v) is 6.46. The van der Waals surface area contributed by atoms with Crippen molar-refractivity contribution < 1.29 is 4.52 Å². The van der Waals surface area contributed by atoms with E-state index in [4.69, 9.17) is 10.3 Å². The van der Waals surface area contributed by atoms with Gasteiger partial charge in [0, 0.05) is 18.4 Å². The second kappa shape index (κ2) is 4.90. The Balaban J connectivity index is 1.67. The Morgan fingerprint density at radius 2 is 2.06 bits per heavy atom. The third-order valence-electron chi connectivity index (χ3n) is 3.58. The second-order valence-corrected chi connectivity index (χ2v) is 4.90. The highest BCUT2D eigenvalue weighted by Gasteiger charge is 2.25. The number of rotatable bonds is 4. The van der Waals surface area contributed by atoms with Crippen LogP contribution in [0.3, 0.4) is 0 Å². The summed E-state index contributed by atoms with van der Waals surface area (Å²) in [4.78, 5) is 4.44. The lowest BCUT2D eigenvalue weighted by Gasteiger charge is -2.20. The van der Waals surface area contributed by atoms with Crippen molar-refractivity contribution in [3.8, 4) is 0 Å². The first kappa shape index (κ1) is 11.4. The van der Waals surface area contributed by atoms with Gasteiger partial charge in [-0.2, -0.15) is 4.98 Å². The van der Waals surface area contributed by atoms with Crippen molar-refractivity contribution in [2.24, 2.45) is 5.73 Å². The molecule has 1 aromatic heterocycles. The molecule has 1 unspecified atom stereocenters. The van der Waals surface area contributed by atoms with Gasteiger partial charge in [0.25, 0.3) is 0 Å². The topological polar surface area (TPSA) is 64.9 Å². The molecule has 0 saturated heterocycles. The van der Waals surface area contributed by atoms with Crippen molar-refractivity contribution in [1.29, 1.82) is 0 Å². The van der Waals surface area contributed by atoms with Crippen LogP contribution in [-0.4, -0.2) is 10.1 Å². The first-order valence-electron chi connectivity index (χ1n) is 6.46. The fourth-order valence-corrected chi connectivity index (χ4v) is 2.19. The smallest absolute Gasteiger partial charge is 0.228 e. The third-order valence-corrected chi connectivity index (χ3v) is 3.58. The molecule has 18 heavy (non-hydrogen) atoms. The minimum atomic E-state index is -0.0825. The summed E-state index contributed by atoms with van der Waals surface area (Å²) in [5.41, 5.74) is 7.23. The van der Waals surface area contributed by atoms with E-state index in [0.29, 0.717) is 18.2 Å². The molecule has 94 valence electrons. The molecule has 1 atom stereocenters. The molecule has 1 fully saturated rings.